The van der Waals surface area contributed by atoms with Crippen LogP contribution in [0.25, 0.3) is 0 Å². The van der Waals surface area contributed by atoms with E-state index in [9.17, 15) is 0 Å². The minimum Gasteiger partial charge on any atom is -0.308 e. The van der Waals surface area contributed by atoms with E-state index in [0.29, 0.717) is 11.3 Å². The maximum Gasteiger partial charge on any atom is 0.153 e. The van der Waals surface area contributed by atoms with Gasteiger partial charge in [0.15, 0.2) is 4.60 Å². The van der Waals surface area contributed by atoms with Gasteiger partial charge in [0.05, 0.1) is 11.7 Å². The molecule has 1 aromatic rings. The Morgan fingerprint density at radius 3 is 2.94 bits per heavy atom. The Kier molecular flexibility index (Phi) is 5.51. The van der Waals surface area contributed by atoms with Crippen molar-refractivity contribution in [1.29, 1.82) is 0 Å². The smallest absolute Gasteiger partial charge is 0.153 e. The average Bonchev–Trinajstić information content (AvgIpc) is 2.72. The van der Waals surface area contributed by atoms with Gasteiger partial charge in [0.2, 0.25) is 0 Å². The van der Waals surface area contributed by atoms with Crippen LogP contribution in [0.15, 0.2) is 4.60 Å². The van der Waals surface area contributed by atoms with Crippen LogP contribution in [0.5, 0.6) is 0 Å². The highest BCUT2D eigenvalue weighted by molar-refractivity contribution is 9.10. The minimum atomic E-state index is 0.352. The highest BCUT2D eigenvalue weighted by Gasteiger charge is 2.29. The fourth-order valence-corrected chi connectivity index (χ4v) is 4.40. The van der Waals surface area contributed by atoms with Crippen LogP contribution in [0.1, 0.15) is 44.3 Å². The number of aryl methyl sites for hydroxylation is 1. The number of rotatable bonds is 5. The maximum atomic E-state index is 4.12. The Bertz CT molecular complexity index is 357. The molecular weight excluding hydrogens is 312 g/mol. The van der Waals surface area contributed by atoms with Crippen LogP contribution < -0.4 is 5.32 Å². The molecule has 6 heteroatoms. The Labute approximate surface area is 121 Å². The van der Waals surface area contributed by atoms with Crippen LogP contribution in [0.3, 0.4) is 0 Å². The van der Waals surface area contributed by atoms with E-state index in [-0.39, 0.29) is 0 Å². The summed E-state index contributed by atoms with van der Waals surface area (Å²) < 4.78 is 2.77. The van der Waals surface area contributed by atoms with E-state index in [1.165, 1.54) is 30.7 Å². The van der Waals surface area contributed by atoms with Crippen LogP contribution in [-0.4, -0.2) is 32.5 Å². The summed E-state index contributed by atoms with van der Waals surface area (Å²) in [5.41, 5.74) is 1.18. The van der Waals surface area contributed by atoms with Crippen molar-refractivity contribution >= 4 is 27.7 Å². The third-order valence-electron chi connectivity index (χ3n) is 3.32. The lowest BCUT2D eigenvalue weighted by Crippen LogP contribution is -2.34. The zero-order valence-electron chi connectivity index (χ0n) is 11.0. The molecule has 2 rings (SSSR count). The van der Waals surface area contributed by atoms with Gasteiger partial charge in [-0.2, -0.15) is 11.8 Å². The summed E-state index contributed by atoms with van der Waals surface area (Å²) in [6.07, 6.45) is 5.12. The van der Waals surface area contributed by atoms with Crippen molar-refractivity contribution in [2.45, 2.75) is 43.9 Å². The fourth-order valence-electron chi connectivity index (χ4n) is 2.40. The summed E-state index contributed by atoms with van der Waals surface area (Å²) in [6.45, 7) is 3.24. The van der Waals surface area contributed by atoms with E-state index in [2.05, 4.69) is 50.2 Å². The van der Waals surface area contributed by atoms with Crippen LogP contribution >= 0.6 is 27.7 Å². The lowest BCUT2D eigenvalue weighted by molar-refractivity contribution is 0.452. The molecule has 0 radical (unpaired) electrons. The highest BCUT2D eigenvalue weighted by atomic mass is 79.9. The molecule has 2 heterocycles. The molecule has 1 N–H and O–H groups in total. The quantitative estimate of drug-likeness (QED) is 0.900. The van der Waals surface area contributed by atoms with Crippen molar-refractivity contribution < 1.29 is 0 Å². The van der Waals surface area contributed by atoms with Gasteiger partial charge in [-0.15, -0.1) is 5.10 Å². The second-order valence-corrected chi connectivity index (χ2v) is 6.82. The highest BCUT2D eigenvalue weighted by Crippen LogP contribution is 2.36. The molecule has 2 unspecified atom stereocenters. The first-order valence-corrected chi connectivity index (χ1v) is 8.48. The number of thioether (sulfide) groups is 1. The van der Waals surface area contributed by atoms with E-state index in [4.69, 9.17) is 0 Å². The predicted molar refractivity (Wildman–Crippen MR) is 79.8 cm³/mol. The zero-order chi connectivity index (χ0) is 13.0. The van der Waals surface area contributed by atoms with Gasteiger partial charge in [-0.3, -0.25) is 0 Å². The molecule has 4 nitrogen and oxygen atoms in total. The van der Waals surface area contributed by atoms with E-state index < -0.39 is 0 Å². The van der Waals surface area contributed by atoms with Gasteiger partial charge in [0, 0.05) is 12.3 Å². The molecule has 102 valence electrons. The lowest BCUT2D eigenvalue weighted by atomic mass is 10.0. The zero-order valence-corrected chi connectivity index (χ0v) is 13.4. The molecule has 1 aromatic heterocycles. The standard InChI is InChI=1S/C12H21BrN4S/c1-3-7-14-10(9-6-4-5-8-18-9)11-12(13)15-16-17(11)2/h9-10,14H,3-8H2,1-2H3. The topological polar surface area (TPSA) is 42.7 Å². The van der Waals surface area contributed by atoms with Crippen molar-refractivity contribution in [3.05, 3.63) is 10.3 Å². The van der Waals surface area contributed by atoms with Gasteiger partial charge in [-0.25, -0.2) is 4.68 Å². The van der Waals surface area contributed by atoms with Crippen LogP contribution in [-0.2, 0) is 7.05 Å². The molecule has 0 aliphatic carbocycles. The first-order valence-electron chi connectivity index (χ1n) is 6.64. The first kappa shape index (κ1) is 14.3. The summed E-state index contributed by atoms with van der Waals surface area (Å²) in [7, 11) is 1.97. The molecule has 18 heavy (non-hydrogen) atoms. The van der Waals surface area contributed by atoms with Gasteiger partial charge >= 0.3 is 0 Å². The summed E-state index contributed by atoms with van der Waals surface area (Å²) >= 11 is 5.62. The molecule has 1 aliphatic rings. The Hall–Kier alpha value is -0.0700. The minimum absolute atomic E-state index is 0.352. The summed E-state index contributed by atoms with van der Waals surface area (Å²) in [4.78, 5) is 0. The van der Waals surface area contributed by atoms with Crippen molar-refractivity contribution in [3.8, 4) is 0 Å². The Balaban J connectivity index is 2.18. The van der Waals surface area contributed by atoms with E-state index in [1.54, 1.807) is 0 Å². The number of hydrogen-bond donors (Lipinski definition) is 1. The van der Waals surface area contributed by atoms with Crippen molar-refractivity contribution in [1.82, 2.24) is 20.3 Å². The Morgan fingerprint density at radius 1 is 1.56 bits per heavy atom. The second kappa shape index (κ2) is 6.91. The van der Waals surface area contributed by atoms with Crippen LogP contribution in [0.2, 0.25) is 0 Å². The van der Waals surface area contributed by atoms with Gasteiger partial charge in [0.25, 0.3) is 0 Å². The predicted octanol–water partition coefficient (Wildman–Crippen LogP) is 2.90. The third-order valence-corrected chi connectivity index (χ3v) is 5.35. The van der Waals surface area contributed by atoms with E-state index in [0.717, 1.165) is 17.6 Å². The molecule has 0 aromatic carbocycles. The first-order chi connectivity index (χ1) is 8.74. The fraction of sp³-hybridized carbons (Fsp3) is 0.833. The second-order valence-electron chi connectivity index (χ2n) is 4.73. The third kappa shape index (κ3) is 3.27. The molecule has 1 saturated heterocycles. The molecule has 1 aliphatic heterocycles. The normalized spacial score (nSPS) is 22.1. The van der Waals surface area contributed by atoms with Crippen molar-refractivity contribution in [2.75, 3.05) is 12.3 Å². The molecule has 0 spiro atoms. The number of nitrogens with one attached hydrogen (secondary N) is 1. The molecule has 2 atom stereocenters. The largest absolute Gasteiger partial charge is 0.308 e. The average molecular weight is 333 g/mol. The summed E-state index contributed by atoms with van der Waals surface area (Å²) in [6, 6.07) is 0.352. The molecule has 1 fully saturated rings. The molecular formula is C12H21BrN4S. The van der Waals surface area contributed by atoms with Crippen molar-refractivity contribution in [2.24, 2.45) is 7.05 Å². The van der Waals surface area contributed by atoms with Gasteiger partial charge in [0.1, 0.15) is 0 Å². The SMILES string of the molecule is CCCNC(c1c(Br)nnn1C)C1CCCCS1. The number of hydrogen-bond acceptors (Lipinski definition) is 4. The maximum absolute atomic E-state index is 4.12. The van der Waals surface area contributed by atoms with Crippen LogP contribution in [0.4, 0.5) is 0 Å². The number of nitrogens with zero attached hydrogens (tertiary/aromatic N) is 3. The van der Waals surface area contributed by atoms with Gasteiger partial charge in [-0.1, -0.05) is 18.6 Å². The molecule has 0 saturated carbocycles. The van der Waals surface area contributed by atoms with E-state index >= 15 is 0 Å². The summed E-state index contributed by atoms with van der Waals surface area (Å²) in [5, 5.41) is 12.5. The lowest BCUT2D eigenvalue weighted by Gasteiger charge is -2.30. The summed E-state index contributed by atoms with van der Waals surface area (Å²) in [5.74, 6) is 1.28. The molecule has 0 bridgehead atoms. The van der Waals surface area contributed by atoms with Crippen molar-refractivity contribution in [3.63, 3.8) is 0 Å². The van der Waals surface area contributed by atoms with Gasteiger partial charge < -0.3 is 5.32 Å². The Morgan fingerprint density at radius 2 is 2.39 bits per heavy atom. The van der Waals surface area contributed by atoms with E-state index in [1.807, 2.05) is 11.7 Å². The molecule has 0 amide bonds. The monoisotopic (exact) mass is 332 g/mol. The van der Waals surface area contributed by atoms with Crippen LogP contribution in [0, 0.1) is 0 Å². The van der Waals surface area contributed by atoms with Gasteiger partial charge in [-0.05, 0) is 47.5 Å². The number of aromatic nitrogens is 3. The number of halogens is 1.